The Morgan fingerprint density at radius 3 is 2.12 bits per heavy atom. The Morgan fingerprint density at radius 1 is 1.00 bits per heavy atom. The highest BCUT2D eigenvalue weighted by molar-refractivity contribution is 6.08. The summed E-state index contributed by atoms with van der Waals surface area (Å²) >= 11 is 0. The van der Waals surface area contributed by atoms with Gasteiger partial charge in [-0.15, -0.1) is 0 Å². The molecule has 2 atom stereocenters. The number of likely N-dealkylation sites (tertiary alicyclic amines) is 1. The van der Waals surface area contributed by atoms with Gasteiger partial charge in [-0.25, -0.2) is 5.01 Å². The van der Waals surface area contributed by atoms with Gasteiger partial charge in [0.2, 0.25) is 5.91 Å². The van der Waals surface area contributed by atoms with E-state index >= 15 is 0 Å². The molecule has 2 heterocycles. The van der Waals surface area contributed by atoms with Crippen LogP contribution in [0.25, 0.3) is 6.08 Å². The first-order valence-corrected chi connectivity index (χ1v) is 12.1. The van der Waals surface area contributed by atoms with Crippen molar-refractivity contribution >= 4 is 29.1 Å². The zero-order valence-corrected chi connectivity index (χ0v) is 21.3. The number of carbonyl (C=O) groups is 1. The first kappa shape index (κ1) is 24.0. The van der Waals surface area contributed by atoms with Gasteiger partial charge in [-0.1, -0.05) is 31.2 Å². The number of carbonyl (C=O) groups excluding carboxylic acids is 1. The number of anilines is 2. The van der Waals surface area contributed by atoms with E-state index in [2.05, 4.69) is 90.3 Å². The maximum Gasteiger partial charge on any atom is 0.240 e. The molecule has 2 aromatic rings. The van der Waals surface area contributed by atoms with Crippen molar-refractivity contribution in [1.29, 1.82) is 0 Å². The van der Waals surface area contributed by atoms with Gasteiger partial charge in [0, 0.05) is 65.5 Å². The van der Waals surface area contributed by atoms with Gasteiger partial charge in [-0.2, -0.15) is 5.10 Å². The van der Waals surface area contributed by atoms with Crippen LogP contribution in [0.3, 0.4) is 0 Å². The van der Waals surface area contributed by atoms with Gasteiger partial charge in [0.15, 0.2) is 0 Å². The fraction of sp³-hybridized carbons (Fsp3) is 0.429. The van der Waals surface area contributed by atoms with E-state index in [4.69, 9.17) is 5.10 Å². The van der Waals surface area contributed by atoms with Crippen molar-refractivity contribution in [3.63, 3.8) is 0 Å². The minimum atomic E-state index is -0.0807. The van der Waals surface area contributed by atoms with E-state index in [0.717, 1.165) is 48.6 Å². The van der Waals surface area contributed by atoms with Crippen molar-refractivity contribution < 1.29 is 4.79 Å². The van der Waals surface area contributed by atoms with E-state index in [0.29, 0.717) is 0 Å². The molecule has 0 N–H and O–H groups in total. The monoisotopic (exact) mass is 459 g/mol. The van der Waals surface area contributed by atoms with Gasteiger partial charge in [0.05, 0.1) is 11.8 Å². The number of hydrogen-bond donors (Lipinski definition) is 0. The minimum Gasteiger partial charge on any atom is -0.378 e. The SMILES string of the molecule is CCCN1C/C(=C\c2ccc(N(C)C)cc2)C2=NN(C(C)=O)[C@@H](c3ccc(N(C)C)cc3)[C@H]2C1. The molecule has 0 aliphatic carbocycles. The van der Waals surface area contributed by atoms with Gasteiger partial charge < -0.3 is 9.80 Å². The van der Waals surface area contributed by atoms with E-state index in [1.54, 1.807) is 11.9 Å². The van der Waals surface area contributed by atoms with Crippen molar-refractivity contribution in [3.05, 3.63) is 65.2 Å². The van der Waals surface area contributed by atoms with Crippen molar-refractivity contribution in [1.82, 2.24) is 9.91 Å². The Hall–Kier alpha value is -3.12. The van der Waals surface area contributed by atoms with Crippen LogP contribution in [0.2, 0.25) is 0 Å². The molecule has 0 radical (unpaired) electrons. The van der Waals surface area contributed by atoms with E-state index in [9.17, 15) is 4.79 Å². The van der Waals surface area contributed by atoms with Crippen LogP contribution in [0.5, 0.6) is 0 Å². The molecule has 1 amide bonds. The van der Waals surface area contributed by atoms with E-state index in [1.807, 2.05) is 14.1 Å². The Balaban J connectivity index is 1.72. The summed E-state index contributed by atoms with van der Waals surface area (Å²) in [6, 6.07) is 17.1. The lowest BCUT2D eigenvalue weighted by Crippen LogP contribution is -2.44. The number of fused-ring (bicyclic) bond motifs is 1. The second-order valence-electron chi connectivity index (χ2n) is 9.78. The van der Waals surface area contributed by atoms with Crippen molar-refractivity contribution in [3.8, 4) is 0 Å². The lowest BCUT2D eigenvalue weighted by atomic mass is 9.83. The third kappa shape index (κ3) is 4.87. The fourth-order valence-corrected chi connectivity index (χ4v) is 5.01. The number of rotatable bonds is 6. The Labute approximate surface area is 204 Å². The normalized spacial score (nSPS) is 21.4. The predicted molar refractivity (Wildman–Crippen MR) is 142 cm³/mol. The van der Waals surface area contributed by atoms with Crippen LogP contribution in [0.4, 0.5) is 11.4 Å². The van der Waals surface area contributed by atoms with Crippen LogP contribution < -0.4 is 9.80 Å². The Bertz CT molecular complexity index is 1070. The molecule has 34 heavy (non-hydrogen) atoms. The molecule has 0 bridgehead atoms. The van der Waals surface area contributed by atoms with Gasteiger partial charge in [0.25, 0.3) is 0 Å². The first-order valence-electron chi connectivity index (χ1n) is 12.1. The molecule has 1 saturated heterocycles. The average Bonchev–Trinajstić information content (AvgIpc) is 3.20. The van der Waals surface area contributed by atoms with Crippen molar-refractivity contribution in [2.75, 3.05) is 57.6 Å². The van der Waals surface area contributed by atoms with Crippen LogP contribution in [0, 0.1) is 5.92 Å². The molecule has 2 aromatic carbocycles. The molecule has 0 aromatic heterocycles. The standard InChI is InChI=1S/C28H37N5O/c1-7-16-32-18-23(17-21-8-12-24(13-9-21)30(3)4)27-26(19-32)28(33(29-27)20(2)34)22-10-14-25(15-11-22)31(5)6/h8-15,17,26,28H,7,16,18-19H2,1-6H3/b23-17+/t26-,28-/m0/s1. The van der Waals surface area contributed by atoms with E-state index in [-0.39, 0.29) is 17.9 Å². The van der Waals surface area contributed by atoms with Gasteiger partial charge in [-0.3, -0.25) is 9.69 Å². The fourth-order valence-electron chi connectivity index (χ4n) is 5.01. The molecule has 0 saturated carbocycles. The number of hydrazone groups is 1. The smallest absolute Gasteiger partial charge is 0.240 e. The number of amides is 1. The third-order valence-electron chi connectivity index (χ3n) is 6.75. The first-order chi connectivity index (χ1) is 16.3. The second kappa shape index (κ2) is 10.0. The molecular weight excluding hydrogens is 422 g/mol. The third-order valence-corrected chi connectivity index (χ3v) is 6.75. The highest BCUT2D eigenvalue weighted by Gasteiger charge is 2.44. The lowest BCUT2D eigenvalue weighted by molar-refractivity contribution is -0.131. The molecule has 6 heteroatoms. The van der Waals surface area contributed by atoms with Crippen LogP contribution in [-0.4, -0.2) is 69.4 Å². The van der Waals surface area contributed by atoms with Gasteiger partial charge in [-0.05, 0) is 60.0 Å². The molecule has 4 rings (SSSR count). The summed E-state index contributed by atoms with van der Waals surface area (Å²) < 4.78 is 0. The number of benzene rings is 2. The molecule has 1 fully saturated rings. The molecule has 0 unspecified atom stereocenters. The molecular formula is C28H37N5O. The molecule has 6 nitrogen and oxygen atoms in total. The summed E-state index contributed by atoms with van der Waals surface area (Å²) in [5, 5.41) is 6.64. The number of piperidine rings is 1. The number of hydrogen-bond acceptors (Lipinski definition) is 5. The quantitative estimate of drug-likeness (QED) is 0.638. The van der Waals surface area contributed by atoms with Gasteiger partial charge in [0.1, 0.15) is 0 Å². The molecule has 0 spiro atoms. The zero-order chi connectivity index (χ0) is 24.4. The number of nitrogens with zero attached hydrogens (tertiary/aromatic N) is 5. The summed E-state index contributed by atoms with van der Waals surface area (Å²) in [4.78, 5) is 19.4. The van der Waals surface area contributed by atoms with E-state index < -0.39 is 0 Å². The molecule has 2 aliphatic rings. The topological polar surface area (TPSA) is 42.4 Å². The van der Waals surface area contributed by atoms with E-state index in [1.165, 1.54) is 11.3 Å². The van der Waals surface area contributed by atoms with Gasteiger partial charge >= 0.3 is 0 Å². The maximum absolute atomic E-state index is 12.7. The summed E-state index contributed by atoms with van der Waals surface area (Å²) in [7, 11) is 8.19. The summed E-state index contributed by atoms with van der Waals surface area (Å²) in [6.45, 7) is 6.65. The van der Waals surface area contributed by atoms with Crippen LogP contribution in [0.1, 0.15) is 37.4 Å². The maximum atomic E-state index is 12.7. The molecule has 2 aliphatic heterocycles. The summed E-state index contributed by atoms with van der Waals surface area (Å²) in [6.07, 6.45) is 3.35. The van der Waals surface area contributed by atoms with Crippen LogP contribution in [-0.2, 0) is 4.79 Å². The second-order valence-corrected chi connectivity index (χ2v) is 9.78. The highest BCUT2D eigenvalue weighted by atomic mass is 16.2. The average molecular weight is 460 g/mol. The summed E-state index contributed by atoms with van der Waals surface area (Å²) in [5.41, 5.74) is 6.89. The predicted octanol–water partition coefficient (Wildman–Crippen LogP) is 4.50. The van der Waals surface area contributed by atoms with Crippen LogP contribution in [0.15, 0.2) is 59.2 Å². The Morgan fingerprint density at radius 2 is 1.59 bits per heavy atom. The highest BCUT2D eigenvalue weighted by Crippen LogP contribution is 2.41. The zero-order valence-electron chi connectivity index (χ0n) is 21.3. The Kier molecular flexibility index (Phi) is 7.08. The summed E-state index contributed by atoms with van der Waals surface area (Å²) in [5.74, 6) is 0.141. The lowest BCUT2D eigenvalue weighted by Gasteiger charge is -2.36. The van der Waals surface area contributed by atoms with Crippen LogP contribution >= 0.6 is 0 Å². The largest absolute Gasteiger partial charge is 0.378 e. The molecule has 180 valence electrons. The van der Waals surface area contributed by atoms with Crippen molar-refractivity contribution in [2.24, 2.45) is 11.0 Å². The van der Waals surface area contributed by atoms with Crippen molar-refractivity contribution in [2.45, 2.75) is 26.3 Å². The minimum absolute atomic E-state index is 0.0136.